The van der Waals surface area contributed by atoms with Gasteiger partial charge < -0.3 is 15.7 Å². The predicted molar refractivity (Wildman–Crippen MR) is 66.3 cm³/mol. The molecule has 0 bridgehead atoms. The molecule has 0 unspecified atom stereocenters. The van der Waals surface area contributed by atoms with Gasteiger partial charge in [0.25, 0.3) is 0 Å². The smallest absolute Gasteiger partial charge is 0.229 e. The van der Waals surface area contributed by atoms with Gasteiger partial charge in [-0.15, -0.1) is 0 Å². The number of nitrogens with zero attached hydrogens (tertiary/aromatic N) is 1. The second kappa shape index (κ2) is 4.94. The molecule has 2 aliphatic carbocycles. The van der Waals surface area contributed by atoms with Crippen LogP contribution in [0, 0.1) is 11.3 Å². The number of aliphatic hydroxyl groups is 1. The number of rotatable bonds is 4. The molecule has 0 radical (unpaired) electrons. The highest BCUT2D eigenvalue weighted by atomic mass is 16.3. The summed E-state index contributed by atoms with van der Waals surface area (Å²) < 4.78 is 0. The lowest BCUT2D eigenvalue weighted by atomic mass is 9.80. The number of amides is 1. The molecule has 3 N–H and O–H groups in total. The Morgan fingerprint density at radius 3 is 2.47 bits per heavy atom. The summed E-state index contributed by atoms with van der Waals surface area (Å²) in [7, 11) is 1.88. The maximum Gasteiger partial charge on any atom is 0.229 e. The van der Waals surface area contributed by atoms with E-state index in [1.54, 1.807) is 0 Å². The first-order valence-corrected chi connectivity index (χ1v) is 6.71. The van der Waals surface area contributed by atoms with Gasteiger partial charge in [-0.1, -0.05) is 12.8 Å². The number of aliphatic hydroxyl groups excluding tert-OH is 1. The van der Waals surface area contributed by atoms with Crippen molar-refractivity contribution in [1.82, 2.24) is 4.90 Å². The van der Waals surface area contributed by atoms with E-state index in [0.717, 1.165) is 45.1 Å². The molecule has 0 aromatic carbocycles. The fraction of sp³-hybridized carbons (Fsp3) is 0.923. The van der Waals surface area contributed by atoms with Gasteiger partial charge >= 0.3 is 0 Å². The summed E-state index contributed by atoms with van der Waals surface area (Å²) >= 11 is 0. The van der Waals surface area contributed by atoms with Crippen LogP contribution in [0.4, 0.5) is 0 Å². The van der Waals surface area contributed by atoms with Gasteiger partial charge in [-0.3, -0.25) is 4.79 Å². The van der Waals surface area contributed by atoms with Crippen LogP contribution < -0.4 is 5.73 Å². The molecule has 2 fully saturated rings. The van der Waals surface area contributed by atoms with Crippen LogP contribution in [0.15, 0.2) is 0 Å². The van der Waals surface area contributed by atoms with E-state index in [0.29, 0.717) is 12.5 Å². The molecule has 4 heteroatoms. The molecule has 0 aromatic heterocycles. The monoisotopic (exact) mass is 240 g/mol. The molecule has 1 amide bonds. The molecule has 2 aliphatic rings. The van der Waals surface area contributed by atoms with E-state index in [1.807, 2.05) is 11.9 Å². The van der Waals surface area contributed by atoms with Gasteiger partial charge in [0.05, 0.1) is 11.5 Å². The normalized spacial score (nSPS) is 31.0. The Morgan fingerprint density at radius 1 is 1.41 bits per heavy atom. The standard InChI is InChI=1S/C13H24N2O2/c1-15(8-10-6-11(16)7-10)12(17)13(9-14)4-2-3-5-13/h10-11,16H,2-9,14H2,1H3. The quantitative estimate of drug-likeness (QED) is 0.761. The molecule has 0 aromatic rings. The summed E-state index contributed by atoms with van der Waals surface area (Å²) in [6, 6.07) is 0. The van der Waals surface area contributed by atoms with Gasteiger partial charge in [-0.25, -0.2) is 0 Å². The third-order valence-corrected chi connectivity index (χ3v) is 4.49. The summed E-state index contributed by atoms with van der Waals surface area (Å²) in [6.45, 7) is 1.25. The van der Waals surface area contributed by atoms with Gasteiger partial charge in [-0.2, -0.15) is 0 Å². The van der Waals surface area contributed by atoms with Crippen LogP contribution in [0.2, 0.25) is 0 Å². The first-order chi connectivity index (χ1) is 8.07. The highest BCUT2D eigenvalue weighted by molar-refractivity contribution is 5.83. The Bertz CT molecular complexity index is 281. The summed E-state index contributed by atoms with van der Waals surface area (Å²) in [5.74, 6) is 0.703. The van der Waals surface area contributed by atoms with Crippen molar-refractivity contribution in [3.05, 3.63) is 0 Å². The lowest BCUT2D eigenvalue weighted by molar-refractivity contribution is -0.141. The Morgan fingerprint density at radius 2 is 2.00 bits per heavy atom. The second-order valence-electron chi connectivity index (χ2n) is 5.87. The van der Waals surface area contributed by atoms with Crippen molar-refractivity contribution in [2.75, 3.05) is 20.1 Å². The molecule has 0 saturated heterocycles. The van der Waals surface area contributed by atoms with Crippen LogP contribution >= 0.6 is 0 Å². The summed E-state index contributed by atoms with van der Waals surface area (Å²) in [4.78, 5) is 14.3. The average Bonchev–Trinajstić information content (AvgIpc) is 2.75. The van der Waals surface area contributed by atoms with E-state index in [2.05, 4.69) is 0 Å². The van der Waals surface area contributed by atoms with Crippen molar-refractivity contribution >= 4 is 5.91 Å². The molecule has 0 spiro atoms. The Labute approximate surface area is 103 Å². The number of carbonyl (C=O) groups excluding carboxylic acids is 1. The van der Waals surface area contributed by atoms with Crippen LogP contribution in [-0.4, -0.2) is 42.2 Å². The Balaban J connectivity index is 1.89. The topological polar surface area (TPSA) is 66.6 Å². The summed E-state index contributed by atoms with van der Waals surface area (Å²) in [5.41, 5.74) is 5.54. The van der Waals surface area contributed by atoms with Crippen LogP contribution in [0.1, 0.15) is 38.5 Å². The molecule has 2 rings (SSSR count). The number of hydrogen-bond donors (Lipinski definition) is 2. The van der Waals surface area contributed by atoms with Crippen LogP contribution in [-0.2, 0) is 4.79 Å². The lowest BCUT2D eigenvalue weighted by Crippen LogP contribution is -2.48. The van der Waals surface area contributed by atoms with E-state index in [-0.39, 0.29) is 17.4 Å². The Hall–Kier alpha value is -0.610. The van der Waals surface area contributed by atoms with Crippen molar-refractivity contribution in [3.63, 3.8) is 0 Å². The SMILES string of the molecule is CN(CC1CC(O)C1)C(=O)C1(CN)CCCC1. The average molecular weight is 240 g/mol. The van der Waals surface area contributed by atoms with Crippen LogP contribution in [0.3, 0.4) is 0 Å². The zero-order valence-electron chi connectivity index (χ0n) is 10.7. The van der Waals surface area contributed by atoms with Crippen molar-refractivity contribution in [2.24, 2.45) is 17.1 Å². The molecule has 0 atom stereocenters. The Kier molecular flexibility index (Phi) is 3.73. The zero-order chi connectivity index (χ0) is 12.5. The van der Waals surface area contributed by atoms with E-state index in [9.17, 15) is 9.90 Å². The third-order valence-electron chi connectivity index (χ3n) is 4.49. The van der Waals surface area contributed by atoms with Gasteiger partial charge in [0.1, 0.15) is 0 Å². The maximum absolute atomic E-state index is 12.4. The highest BCUT2D eigenvalue weighted by Crippen LogP contribution is 2.39. The minimum absolute atomic E-state index is 0.140. The van der Waals surface area contributed by atoms with Crippen molar-refractivity contribution in [1.29, 1.82) is 0 Å². The first kappa shape index (κ1) is 12.8. The molecular weight excluding hydrogens is 216 g/mol. The van der Waals surface area contributed by atoms with Crippen LogP contribution in [0.25, 0.3) is 0 Å². The van der Waals surface area contributed by atoms with Crippen molar-refractivity contribution in [3.8, 4) is 0 Å². The molecule has 0 heterocycles. The number of hydrogen-bond acceptors (Lipinski definition) is 3. The minimum Gasteiger partial charge on any atom is -0.393 e. The van der Waals surface area contributed by atoms with E-state index in [4.69, 9.17) is 5.73 Å². The van der Waals surface area contributed by atoms with Crippen LogP contribution in [0.5, 0.6) is 0 Å². The van der Waals surface area contributed by atoms with Gasteiger partial charge in [0.2, 0.25) is 5.91 Å². The van der Waals surface area contributed by atoms with E-state index >= 15 is 0 Å². The fourth-order valence-electron chi connectivity index (χ4n) is 3.28. The number of nitrogens with two attached hydrogens (primary N) is 1. The molecule has 17 heavy (non-hydrogen) atoms. The zero-order valence-corrected chi connectivity index (χ0v) is 10.7. The molecule has 0 aliphatic heterocycles. The summed E-state index contributed by atoms with van der Waals surface area (Å²) in [5, 5.41) is 9.25. The predicted octanol–water partition coefficient (Wildman–Crippen LogP) is 0.735. The largest absolute Gasteiger partial charge is 0.393 e. The summed E-state index contributed by atoms with van der Waals surface area (Å²) in [6.07, 6.45) is 5.68. The van der Waals surface area contributed by atoms with Gasteiger partial charge in [-0.05, 0) is 31.6 Å². The fourth-order valence-corrected chi connectivity index (χ4v) is 3.28. The first-order valence-electron chi connectivity index (χ1n) is 6.71. The van der Waals surface area contributed by atoms with Gasteiger partial charge in [0, 0.05) is 20.1 Å². The van der Waals surface area contributed by atoms with Gasteiger partial charge in [0.15, 0.2) is 0 Å². The van der Waals surface area contributed by atoms with E-state index < -0.39 is 0 Å². The highest BCUT2D eigenvalue weighted by Gasteiger charge is 2.42. The molecule has 2 saturated carbocycles. The van der Waals surface area contributed by atoms with Crippen molar-refractivity contribution < 1.29 is 9.90 Å². The minimum atomic E-state index is -0.281. The lowest BCUT2D eigenvalue weighted by Gasteiger charge is -2.37. The molecule has 98 valence electrons. The third kappa shape index (κ3) is 2.47. The maximum atomic E-state index is 12.4. The second-order valence-corrected chi connectivity index (χ2v) is 5.87. The van der Waals surface area contributed by atoms with Crippen molar-refractivity contribution in [2.45, 2.75) is 44.6 Å². The molecule has 4 nitrogen and oxygen atoms in total. The molecular formula is C13H24N2O2. The van der Waals surface area contributed by atoms with E-state index in [1.165, 1.54) is 0 Å². The number of carbonyl (C=O) groups is 1.